The predicted octanol–water partition coefficient (Wildman–Crippen LogP) is 1.76. The number of oxime groups is 2. The van der Waals surface area contributed by atoms with Crippen LogP contribution in [0.25, 0.3) is 0 Å². The van der Waals surface area contributed by atoms with Crippen molar-refractivity contribution in [2.24, 2.45) is 10.3 Å². The standard InChI is InChI=1S/C11H11N3O2/c1-8(13-15)11(14-16-2)10-5-3-4-9(6-10)7-12/h3-6,15H,1-2H3. The number of benzene rings is 1. The van der Waals surface area contributed by atoms with Crippen LogP contribution in [0.3, 0.4) is 0 Å². The summed E-state index contributed by atoms with van der Waals surface area (Å²) in [5, 5.41) is 24.3. The van der Waals surface area contributed by atoms with E-state index in [1.807, 2.05) is 6.07 Å². The molecule has 0 atom stereocenters. The lowest BCUT2D eigenvalue weighted by Crippen LogP contribution is -2.12. The minimum Gasteiger partial charge on any atom is -0.411 e. The molecule has 0 unspecified atom stereocenters. The van der Waals surface area contributed by atoms with Crippen molar-refractivity contribution in [2.45, 2.75) is 6.92 Å². The monoisotopic (exact) mass is 217 g/mol. The first-order valence-electron chi connectivity index (χ1n) is 4.53. The summed E-state index contributed by atoms with van der Waals surface area (Å²) < 4.78 is 0. The Morgan fingerprint density at radius 2 is 2.25 bits per heavy atom. The molecular weight excluding hydrogens is 206 g/mol. The van der Waals surface area contributed by atoms with Crippen LogP contribution in [-0.2, 0) is 4.84 Å². The molecule has 0 aliphatic heterocycles. The average Bonchev–Trinajstić information content (AvgIpc) is 2.35. The SMILES string of the molecule is CON=C(C(C)=NO)c1cccc(C#N)c1. The topological polar surface area (TPSA) is 78.0 Å². The second kappa shape index (κ2) is 5.51. The van der Waals surface area contributed by atoms with E-state index in [0.717, 1.165) is 0 Å². The van der Waals surface area contributed by atoms with Crippen LogP contribution in [-0.4, -0.2) is 23.7 Å². The molecule has 0 saturated carbocycles. The summed E-state index contributed by atoms with van der Waals surface area (Å²) in [6, 6.07) is 8.83. The fraction of sp³-hybridized carbons (Fsp3) is 0.182. The maximum atomic E-state index is 8.77. The summed E-state index contributed by atoms with van der Waals surface area (Å²) in [6.07, 6.45) is 0. The first-order valence-corrected chi connectivity index (χ1v) is 4.53. The van der Waals surface area contributed by atoms with Crippen molar-refractivity contribution in [3.05, 3.63) is 35.4 Å². The maximum Gasteiger partial charge on any atom is 0.134 e. The van der Waals surface area contributed by atoms with Gasteiger partial charge in [-0.15, -0.1) is 0 Å². The van der Waals surface area contributed by atoms with Crippen LogP contribution in [0.4, 0.5) is 0 Å². The van der Waals surface area contributed by atoms with E-state index in [1.54, 1.807) is 31.2 Å². The summed E-state index contributed by atoms with van der Waals surface area (Å²) in [7, 11) is 1.40. The van der Waals surface area contributed by atoms with Crippen molar-refractivity contribution >= 4 is 11.4 Å². The Morgan fingerprint density at radius 3 is 2.81 bits per heavy atom. The first kappa shape index (κ1) is 11.7. The third-order valence-corrected chi connectivity index (χ3v) is 1.94. The van der Waals surface area contributed by atoms with E-state index in [2.05, 4.69) is 15.1 Å². The molecule has 0 aliphatic rings. The zero-order valence-electron chi connectivity index (χ0n) is 9.01. The molecule has 5 heteroatoms. The minimum absolute atomic E-state index is 0.317. The average molecular weight is 217 g/mol. The smallest absolute Gasteiger partial charge is 0.134 e. The number of hydrogen-bond acceptors (Lipinski definition) is 5. The zero-order valence-corrected chi connectivity index (χ0v) is 9.01. The molecule has 0 bridgehead atoms. The lowest BCUT2D eigenvalue weighted by atomic mass is 10.0. The van der Waals surface area contributed by atoms with E-state index < -0.39 is 0 Å². The lowest BCUT2D eigenvalue weighted by molar-refractivity contribution is 0.214. The molecule has 0 amide bonds. The highest BCUT2D eigenvalue weighted by molar-refractivity contribution is 6.47. The highest BCUT2D eigenvalue weighted by Gasteiger charge is 2.09. The van der Waals surface area contributed by atoms with Crippen LogP contribution in [0.15, 0.2) is 34.6 Å². The number of nitriles is 1. The fourth-order valence-corrected chi connectivity index (χ4v) is 1.20. The highest BCUT2D eigenvalue weighted by atomic mass is 16.6. The number of hydrogen-bond donors (Lipinski definition) is 1. The van der Waals surface area contributed by atoms with Gasteiger partial charge in [-0.3, -0.25) is 0 Å². The third kappa shape index (κ3) is 2.58. The minimum atomic E-state index is 0.317. The van der Waals surface area contributed by atoms with Crippen molar-refractivity contribution in [1.82, 2.24) is 0 Å². The molecule has 1 rings (SSSR count). The Kier molecular flexibility index (Phi) is 4.04. The number of rotatable bonds is 3. The van der Waals surface area contributed by atoms with Crippen molar-refractivity contribution in [3.8, 4) is 6.07 Å². The molecule has 82 valence electrons. The molecule has 0 heterocycles. The molecular formula is C11H11N3O2. The molecule has 1 aromatic rings. The summed E-state index contributed by atoms with van der Waals surface area (Å²) in [4.78, 5) is 4.67. The van der Waals surface area contributed by atoms with Crippen molar-refractivity contribution < 1.29 is 10.0 Å². The molecule has 0 saturated heterocycles. The maximum absolute atomic E-state index is 8.77. The molecule has 0 radical (unpaired) electrons. The van der Waals surface area contributed by atoms with Gasteiger partial charge in [-0.2, -0.15) is 5.26 Å². The van der Waals surface area contributed by atoms with Crippen LogP contribution < -0.4 is 0 Å². The van der Waals surface area contributed by atoms with Gasteiger partial charge in [-0.1, -0.05) is 22.4 Å². The van der Waals surface area contributed by atoms with Gasteiger partial charge in [0.1, 0.15) is 18.5 Å². The summed E-state index contributed by atoms with van der Waals surface area (Å²) >= 11 is 0. The Morgan fingerprint density at radius 1 is 1.50 bits per heavy atom. The van der Waals surface area contributed by atoms with Gasteiger partial charge >= 0.3 is 0 Å². The Bertz CT molecular complexity index is 472. The van der Waals surface area contributed by atoms with Crippen LogP contribution in [0.2, 0.25) is 0 Å². The molecule has 16 heavy (non-hydrogen) atoms. The van der Waals surface area contributed by atoms with Crippen LogP contribution in [0, 0.1) is 11.3 Å². The van der Waals surface area contributed by atoms with E-state index in [1.165, 1.54) is 7.11 Å². The second-order valence-electron chi connectivity index (χ2n) is 3.00. The van der Waals surface area contributed by atoms with E-state index in [0.29, 0.717) is 22.6 Å². The largest absolute Gasteiger partial charge is 0.411 e. The van der Waals surface area contributed by atoms with Crippen LogP contribution >= 0.6 is 0 Å². The van der Waals surface area contributed by atoms with E-state index >= 15 is 0 Å². The van der Waals surface area contributed by atoms with Gasteiger partial charge in [0.15, 0.2) is 0 Å². The van der Waals surface area contributed by atoms with Gasteiger partial charge in [-0.05, 0) is 19.1 Å². The molecule has 0 spiro atoms. The molecule has 1 N–H and O–H groups in total. The third-order valence-electron chi connectivity index (χ3n) is 1.94. The molecule has 0 fully saturated rings. The predicted molar refractivity (Wildman–Crippen MR) is 59.6 cm³/mol. The van der Waals surface area contributed by atoms with Gasteiger partial charge in [0.25, 0.3) is 0 Å². The summed E-state index contributed by atoms with van der Waals surface area (Å²) in [5.74, 6) is 0. The molecule has 0 aliphatic carbocycles. The Labute approximate surface area is 93.3 Å². The molecule has 1 aromatic carbocycles. The second-order valence-corrected chi connectivity index (χ2v) is 3.00. The van der Waals surface area contributed by atoms with Crippen LogP contribution in [0.1, 0.15) is 18.1 Å². The van der Waals surface area contributed by atoms with Crippen molar-refractivity contribution in [1.29, 1.82) is 5.26 Å². The van der Waals surface area contributed by atoms with Gasteiger partial charge in [-0.25, -0.2) is 0 Å². The number of nitrogens with zero attached hydrogens (tertiary/aromatic N) is 3. The highest BCUT2D eigenvalue weighted by Crippen LogP contribution is 2.07. The van der Waals surface area contributed by atoms with Crippen molar-refractivity contribution in [3.63, 3.8) is 0 Å². The first-order chi connectivity index (χ1) is 7.72. The zero-order chi connectivity index (χ0) is 12.0. The lowest BCUT2D eigenvalue weighted by Gasteiger charge is -2.04. The molecule has 5 nitrogen and oxygen atoms in total. The Balaban J connectivity index is 3.23. The molecule has 0 aromatic heterocycles. The fourth-order valence-electron chi connectivity index (χ4n) is 1.20. The summed E-state index contributed by atoms with van der Waals surface area (Å²) in [5.41, 5.74) is 1.88. The quantitative estimate of drug-likeness (QED) is 0.476. The van der Waals surface area contributed by atoms with Gasteiger partial charge in [0, 0.05) is 5.56 Å². The van der Waals surface area contributed by atoms with E-state index in [4.69, 9.17) is 10.5 Å². The summed E-state index contributed by atoms with van der Waals surface area (Å²) in [6.45, 7) is 1.59. The van der Waals surface area contributed by atoms with Crippen molar-refractivity contribution in [2.75, 3.05) is 7.11 Å². The Hall–Kier alpha value is -2.35. The normalized spacial score (nSPS) is 12.1. The van der Waals surface area contributed by atoms with Crippen LogP contribution in [0.5, 0.6) is 0 Å². The van der Waals surface area contributed by atoms with E-state index in [-0.39, 0.29) is 0 Å². The van der Waals surface area contributed by atoms with E-state index in [9.17, 15) is 0 Å². The van der Waals surface area contributed by atoms with Gasteiger partial charge < -0.3 is 10.0 Å². The van der Waals surface area contributed by atoms with Gasteiger partial charge in [0.05, 0.1) is 11.6 Å². The van der Waals surface area contributed by atoms with Gasteiger partial charge in [0.2, 0.25) is 0 Å².